The van der Waals surface area contributed by atoms with Crippen LogP contribution >= 0.6 is 17.1 Å². The lowest BCUT2D eigenvalue weighted by Crippen LogP contribution is -1.94. The van der Waals surface area contributed by atoms with Gasteiger partial charge < -0.3 is 9.05 Å². The summed E-state index contributed by atoms with van der Waals surface area (Å²) in [5, 5.41) is 1.99. The smallest absolute Gasteiger partial charge is 0.251 e. The quantitative estimate of drug-likeness (QED) is 0.562. The second kappa shape index (κ2) is 9.73. The van der Waals surface area contributed by atoms with Crippen molar-refractivity contribution in [2.24, 2.45) is 0 Å². The van der Waals surface area contributed by atoms with Gasteiger partial charge >= 0.3 is 0 Å². The maximum absolute atomic E-state index is 5.73. The zero-order valence-electron chi connectivity index (χ0n) is 11.5. The van der Waals surface area contributed by atoms with Crippen LogP contribution in [0.15, 0.2) is 35.7 Å². The fourth-order valence-corrected chi connectivity index (χ4v) is 4.96. The molecule has 5 heteroatoms. The van der Waals surface area contributed by atoms with E-state index in [4.69, 9.17) is 20.9 Å². The Morgan fingerprint density at radius 1 is 1.11 bits per heavy atom. The molecule has 1 aromatic rings. The van der Waals surface area contributed by atoms with Crippen LogP contribution < -0.4 is 0 Å². The summed E-state index contributed by atoms with van der Waals surface area (Å²) in [4.78, 5) is 0. The lowest BCUT2D eigenvalue weighted by atomic mass is 10.2. The van der Waals surface area contributed by atoms with Crippen molar-refractivity contribution in [3.63, 3.8) is 0 Å². The summed E-state index contributed by atoms with van der Waals surface area (Å²) in [7, 11) is 0. The summed E-state index contributed by atoms with van der Waals surface area (Å²) in [5.74, 6) is 0. The molecule has 0 heterocycles. The Hall–Kier alpha value is -0.120. The van der Waals surface area contributed by atoms with E-state index >= 15 is 0 Å². The third-order valence-corrected chi connectivity index (χ3v) is 6.85. The van der Waals surface area contributed by atoms with Crippen LogP contribution in [0.5, 0.6) is 0 Å². The first-order chi connectivity index (χ1) is 9.20. The monoisotopic (exact) mass is 316 g/mol. The molecular weight excluding hydrogens is 295 g/mol. The first kappa shape index (κ1) is 16.9. The zero-order valence-corrected chi connectivity index (χ0v) is 14.0. The summed E-state index contributed by atoms with van der Waals surface area (Å²) in [6, 6.07) is 10.1. The van der Waals surface area contributed by atoms with Crippen LogP contribution in [0.2, 0.25) is 0 Å². The minimum atomic E-state index is -2.23. The molecule has 0 N–H and O–H groups in total. The van der Waals surface area contributed by atoms with Crippen molar-refractivity contribution in [3.05, 3.63) is 41.3 Å². The maximum Gasteiger partial charge on any atom is 0.251 e. The molecule has 0 spiro atoms. The van der Waals surface area contributed by atoms with Gasteiger partial charge in [0.1, 0.15) is 0 Å². The Kier molecular flexibility index (Phi) is 8.67. The van der Waals surface area contributed by atoms with Crippen LogP contribution in [0.25, 0.3) is 6.08 Å². The molecule has 0 bridgehead atoms. The van der Waals surface area contributed by atoms with E-state index < -0.39 is 5.69 Å². The van der Waals surface area contributed by atoms with Gasteiger partial charge in [-0.3, -0.25) is 0 Å². The topological polar surface area (TPSA) is 18.5 Å². The number of hydrogen-bond donors (Lipinski definition) is 0. The molecule has 0 aliphatic rings. The average molecular weight is 316 g/mol. The number of benzene rings is 1. The van der Waals surface area contributed by atoms with Crippen LogP contribution in [-0.2, 0) is 20.9 Å². The maximum atomic E-state index is 5.73. The molecule has 1 rings (SSSR count). The second-order valence-electron chi connectivity index (χ2n) is 3.93. The molecule has 0 atom stereocenters. The standard InChI is InChI=1S/C14H21O2PS2/c1-3-11-15-17(18,16-12-4-2)19-13-10-14-8-6-5-7-9-14/h5-10,13H,3-4,11-12H2,1-2H3/b13-10+. The Morgan fingerprint density at radius 3 is 2.21 bits per heavy atom. The molecule has 0 aliphatic heterocycles. The number of hydrogen-bond acceptors (Lipinski definition) is 4. The van der Waals surface area contributed by atoms with E-state index in [1.165, 1.54) is 11.4 Å². The average Bonchev–Trinajstić information content (AvgIpc) is 2.44. The molecule has 0 aliphatic carbocycles. The highest BCUT2D eigenvalue weighted by Gasteiger charge is 2.17. The summed E-state index contributed by atoms with van der Waals surface area (Å²) < 4.78 is 11.5. The summed E-state index contributed by atoms with van der Waals surface area (Å²) in [6.45, 7) is 5.47. The van der Waals surface area contributed by atoms with Crippen LogP contribution in [-0.4, -0.2) is 13.2 Å². The van der Waals surface area contributed by atoms with E-state index in [2.05, 4.69) is 26.0 Å². The van der Waals surface area contributed by atoms with Crippen LogP contribution in [0.1, 0.15) is 32.3 Å². The highest BCUT2D eigenvalue weighted by atomic mass is 32.9. The Labute approximate surface area is 125 Å². The third kappa shape index (κ3) is 7.28. The van der Waals surface area contributed by atoms with Gasteiger partial charge in [-0.25, -0.2) is 0 Å². The highest BCUT2D eigenvalue weighted by molar-refractivity contribution is 8.69. The Bertz CT molecular complexity index is 409. The molecule has 0 radical (unpaired) electrons. The van der Waals surface area contributed by atoms with Crippen molar-refractivity contribution < 1.29 is 9.05 Å². The van der Waals surface area contributed by atoms with Gasteiger partial charge in [0, 0.05) is 0 Å². The molecule has 0 unspecified atom stereocenters. The van der Waals surface area contributed by atoms with Crippen LogP contribution in [0.4, 0.5) is 0 Å². The summed E-state index contributed by atoms with van der Waals surface area (Å²) in [5.41, 5.74) is -1.07. The van der Waals surface area contributed by atoms with Gasteiger partial charge in [-0.15, -0.1) is 0 Å². The summed E-state index contributed by atoms with van der Waals surface area (Å²) >= 11 is 7.03. The van der Waals surface area contributed by atoms with E-state index in [-0.39, 0.29) is 0 Å². The molecule has 0 saturated heterocycles. The van der Waals surface area contributed by atoms with Crippen molar-refractivity contribution in [3.8, 4) is 0 Å². The van der Waals surface area contributed by atoms with Gasteiger partial charge in [0.2, 0.25) is 0 Å². The first-order valence-corrected chi connectivity index (χ1v) is 10.6. The normalized spacial score (nSPS) is 12.1. The van der Waals surface area contributed by atoms with Gasteiger partial charge in [-0.05, 0) is 53.1 Å². The van der Waals surface area contributed by atoms with Crippen molar-refractivity contribution in [1.29, 1.82) is 0 Å². The lowest BCUT2D eigenvalue weighted by molar-refractivity contribution is 0.260. The molecule has 0 aromatic heterocycles. The highest BCUT2D eigenvalue weighted by Crippen LogP contribution is 2.61. The summed E-state index contributed by atoms with van der Waals surface area (Å²) in [6.07, 6.45) is 3.95. The minimum Gasteiger partial charge on any atom is -0.321 e. The molecule has 2 nitrogen and oxygen atoms in total. The van der Waals surface area contributed by atoms with E-state index in [1.54, 1.807) is 0 Å². The Morgan fingerprint density at radius 2 is 1.68 bits per heavy atom. The lowest BCUT2D eigenvalue weighted by Gasteiger charge is -2.19. The van der Waals surface area contributed by atoms with Gasteiger partial charge in [0.05, 0.1) is 13.2 Å². The molecule has 0 saturated carbocycles. The molecule has 0 amide bonds. The van der Waals surface area contributed by atoms with Gasteiger partial charge in [0.25, 0.3) is 5.69 Å². The molecule has 106 valence electrons. The predicted octanol–water partition coefficient (Wildman–Crippen LogP) is 5.47. The molecular formula is C14H21O2PS2. The SMILES string of the molecule is CCCOP(=S)(OCCC)S/C=C/c1ccccc1. The largest absolute Gasteiger partial charge is 0.321 e. The van der Waals surface area contributed by atoms with E-state index in [0.29, 0.717) is 13.2 Å². The van der Waals surface area contributed by atoms with E-state index in [9.17, 15) is 0 Å². The fourth-order valence-electron chi connectivity index (χ4n) is 1.25. The van der Waals surface area contributed by atoms with E-state index in [1.807, 2.05) is 29.7 Å². The van der Waals surface area contributed by atoms with Gasteiger partial charge in [0.15, 0.2) is 0 Å². The van der Waals surface area contributed by atoms with Gasteiger partial charge in [-0.1, -0.05) is 44.2 Å². The fraction of sp³-hybridized carbons (Fsp3) is 0.429. The Balaban J connectivity index is 2.57. The van der Waals surface area contributed by atoms with Gasteiger partial charge in [-0.2, -0.15) is 0 Å². The minimum absolute atomic E-state index is 0.660. The predicted molar refractivity (Wildman–Crippen MR) is 89.8 cm³/mol. The van der Waals surface area contributed by atoms with Crippen molar-refractivity contribution in [2.45, 2.75) is 26.7 Å². The molecule has 0 fully saturated rings. The zero-order chi connectivity index (χ0) is 14.0. The van der Waals surface area contributed by atoms with Crippen molar-refractivity contribution in [2.75, 3.05) is 13.2 Å². The third-order valence-electron chi connectivity index (χ3n) is 2.16. The van der Waals surface area contributed by atoms with Crippen molar-refractivity contribution >= 4 is 35.0 Å². The molecule has 19 heavy (non-hydrogen) atoms. The second-order valence-corrected chi connectivity index (χ2v) is 10.0. The number of rotatable bonds is 9. The molecule has 1 aromatic carbocycles. The van der Waals surface area contributed by atoms with E-state index in [0.717, 1.165) is 18.4 Å². The van der Waals surface area contributed by atoms with Crippen molar-refractivity contribution in [1.82, 2.24) is 0 Å². The first-order valence-electron chi connectivity index (χ1n) is 6.49. The van der Waals surface area contributed by atoms with Crippen LogP contribution in [0.3, 0.4) is 0 Å². The van der Waals surface area contributed by atoms with Crippen LogP contribution in [0, 0.1) is 0 Å².